The Hall–Kier alpha value is -2.08. The van der Waals surface area contributed by atoms with Crippen molar-refractivity contribution in [3.05, 3.63) is 52.1 Å². The second-order valence-electron chi connectivity index (χ2n) is 4.41. The average molecular weight is 335 g/mol. The molecule has 0 aliphatic heterocycles. The third-order valence-electron chi connectivity index (χ3n) is 2.93. The summed E-state index contributed by atoms with van der Waals surface area (Å²) in [5.74, 6) is 0.918. The average Bonchev–Trinajstić information content (AvgIpc) is 2.46. The van der Waals surface area contributed by atoms with E-state index in [9.17, 15) is 0 Å². The van der Waals surface area contributed by atoms with Gasteiger partial charge < -0.3 is 15.8 Å². The predicted molar refractivity (Wildman–Crippen MR) is 83.7 cm³/mol. The minimum Gasteiger partial charge on any atom is -0.409 e. The molecular formula is C14H15BrN4O. The quantitative estimate of drug-likeness (QED) is 0.391. The van der Waals surface area contributed by atoms with Gasteiger partial charge in [0.05, 0.1) is 4.47 Å². The van der Waals surface area contributed by atoms with Crippen LogP contribution in [-0.4, -0.2) is 23.1 Å². The first-order valence-corrected chi connectivity index (χ1v) is 6.76. The maximum atomic E-state index is 8.64. The number of benzene rings is 1. The van der Waals surface area contributed by atoms with Gasteiger partial charge in [0.15, 0.2) is 5.84 Å². The number of aromatic nitrogens is 1. The lowest BCUT2D eigenvalue weighted by atomic mass is 10.2. The van der Waals surface area contributed by atoms with Crippen molar-refractivity contribution >= 4 is 33.3 Å². The summed E-state index contributed by atoms with van der Waals surface area (Å²) in [6.07, 6.45) is 1.82. The molecule has 2 rings (SSSR count). The molecule has 1 aromatic carbocycles. The molecule has 0 saturated heterocycles. The largest absolute Gasteiger partial charge is 0.409 e. The number of rotatable bonds is 3. The van der Waals surface area contributed by atoms with Crippen LogP contribution < -0.4 is 10.6 Å². The van der Waals surface area contributed by atoms with E-state index in [0.29, 0.717) is 5.56 Å². The molecule has 5 nitrogen and oxygen atoms in total. The molecule has 0 bridgehead atoms. The number of halogens is 1. The fraction of sp³-hybridized carbons (Fsp3) is 0.143. The Labute approximate surface area is 125 Å². The first-order chi connectivity index (χ1) is 9.52. The van der Waals surface area contributed by atoms with Gasteiger partial charge in [0.1, 0.15) is 5.82 Å². The van der Waals surface area contributed by atoms with Crippen molar-refractivity contribution in [2.24, 2.45) is 10.9 Å². The predicted octanol–water partition coefficient (Wildman–Crippen LogP) is 3.01. The SMILES string of the molecule is Cc1cnc(N(C)c2ccc(/C(N)=N/O)cc2)c(Br)c1. The van der Waals surface area contributed by atoms with Crippen molar-refractivity contribution in [3.8, 4) is 0 Å². The lowest BCUT2D eigenvalue weighted by Crippen LogP contribution is -2.14. The summed E-state index contributed by atoms with van der Waals surface area (Å²) in [7, 11) is 1.93. The van der Waals surface area contributed by atoms with Gasteiger partial charge in [0, 0.05) is 24.5 Å². The molecule has 1 aromatic heterocycles. The molecule has 1 heterocycles. The summed E-state index contributed by atoms with van der Waals surface area (Å²) in [6, 6.07) is 9.39. The topological polar surface area (TPSA) is 74.7 Å². The Morgan fingerprint density at radius 1 is 1.35 bits per heavy atom. The van der Waals surface area contributed by atoms with Gasteiger partial charge in [-0.25, -0.2) is 4.98 Å². The molecule has 6 heteroatoms. The van der Waals surface area contributed by atoms with E-state index in [-0.39, 0.29) is 5.84 Å². The van der Waals surface area contributed by atoms with Gasteiger partial charge >= 0.3 is 0 Å². The molecule has 2 aromatic rings. The van der Waals surface area contributed by atoms with Crippen LogP contribution in [0.4, 0.5) is 11.5 Å². The molecule has 0 atom stereocenters. The van der Waals surface area contributed by atoms with Crippen LogP contribution in [-0.2, 0) is 0 Å². The lowest BCUT2D eigenvalue weighted by Gasteiger charge is -2.20. The van der Waals surface area contributed by atoms with Gasteiger partial charge in [-0.2, -0.15) is 0 Å². The Morgan fingerprint density at radius 2 is 2.00 bits per heavy atom. The Kier molecular flexibility index (Phi) is 4.24. The summed E-state index contributed by atoms with van der Waals surface area (Å²) < 4.78 is 0.931. The molecular weight excluding hydrogens is 320 g/mol. The van der Waals surface area contributed by atoms with Crippen molar-refractivity contribution in [1.29, 1.82) is 0 Å². The number of pyridine rings is 1. The highest BCUT2D eigenvalue weighted by Crippen LogP contribution is 2.29. The molecule has 0 fully saturated rings. The highest BCUT2D eigenvalue weighted by Gasteiger charge is 2.10. The number of aryl methyl sites for hydroxylation is 1. The highest BCUT2D eigenvalue weighted by atomic mass is 79.9. The Balaban J connectivity index is 2.31. The van der Waals surface area contributed by atoms with Crippen molar-refractivity contribution in [2.75, 3.05) is 11.9 Å². The molecule has 0 aliphatic rings. The van der Waals surface area contributed by atoms with Crippen LogP contribution in [0.2, 0.25) is 0 Å². The number of anilines is 2. The molecule has 0 aliphatic carbocycles. The second-order valence-corrected chi connectivity index (χ2v) is 5.26. The smallest absolute Gasteiger partial charge is 0.170 e. The van der Waals surface area contributed by atoms with Crippen LogP contribution in [0.25, 0.3) is 0 Å². The molecule has 0 unspecified atom stereocenters. The van der Waals surface area contributed by atoms with E-state index >= 15 is 0 Å². The van der Waals surface area contributed by atoms with Gasteiger partial charge in [0.25, 0.3) is 0 Å². The fourth-order valence-corrected chi connectivity index (χ4v) is 2.54. The Bertz CT molecular complexity index is 640. The van der Waals surface area contributed by atoms with Crippen LogP contribution in [0.5, 0.6) is 0 Å². The van der Waals surface area contributed by atoms with Crippen molar-refractivity contribution < 1.29 is 5.21 Å². The lowest BCUT2D eigenvalue weighted by molar-refractivity contribution is 0.318. The second kappa shape index (κ2) is 5.92. The fourth-order valence-electron chi connectivity index (χ4n) is 1.81. The summed E-state index contributed by atoms with van der Waals surface area (Å²) in [4.78, 5) is 6.38. The number of hydrogen-bond acceptors (Lipinski definition) is 4. The van der Waals surface area contributed by atoms with Crippen LogP contribution >= 0.6 is 15.9 Å². The van der Waals surface area contributed by atoms with E-state index < -0.39 is 0 Å². The number of hydrogen-bond donors (Lipinski definition) is 2. The molecule has 0 spiro atoms. The van der Waals surface area contributed by atoms with Crippen LogP contribution in [0, 0.1) is 6.92 Å². The first kappa shape index (κ1) is 14.3. The number of nitrogens with zero attached hydrogens (tertiary/aromatic N) is 3. The maximum Gasteiger partial charge on any atom is 0.170 e. The van der Waals surface area contributed by atoms with Crippen molar-refractivity contribution in [2.45, 2.75) is 6.92 Å². The third-order valence-corrected chi connectivity index (χ3v) is 3.52. The van der Waals surface area contributed by atoms with Crippen molar-refractivity contribution in [1.82, 2.24) is 4.98 Å². The van der Waals surface area contributed by atoms with Gasteiger partial charge in [0.2, 0.25) is 0 Å². The minimum atomic E-state index is 0.0915. The zero-order valence-corrected chi connectivity index (χ0v) is 12.8. The van der Waals surface area contributed by atoms with Crippen LogP contribution in [0.15, 0.2) is 46.2 Å². The van der Waals surface area contributed by atoms with Crippen molar-refractivity contribution in [3.63, 3.8) is 0 Å². The molecule has 104 valence electrons. The van der Waals surface area contributed by atoms with E-state index in [0.717, 1.165) is 21.5 Å². The number of nitrogens with two attached hydrogens (primary N) is 1. The maximum absolute atomic E-state index is 8.64. The summed E-state index contributed by atoms with van der Waals surface area (Å²) in [6.45, 7) is 1.99. The monoisotopic (exact) mass is 334 g/mol. The summed E-state index contributed by atoms with van der Waals surface area (Å²) in [5, 5.41) is 11.6. The number of amidine groups is 1. The molecule has 3 N–H and O–H groups in total. The normalized spacial score (nSPS) is 11.4. The molecule has 0 radical (unpaired) electrons. The van der Waals surface area contributed by atoms with E-state index in [2.05, 4.69) is 26.1 Å². The van der Waals surface area contributed by atoms with Gasteiger partial charge in [-0.15, -0.1) is 0 Å². The first-order valence-electron chi connectivity index (χ1n) is 5.96. The van der Waals surface area contributed by atoms with Crippen LogP contribution in [0.1, 0.15) is 11.1 Å². The molecule has 0 saturated carbocycles. The summed E-state index contributed by atoms with van der Waals surface area (Å²) >= 11 is 3.52. The van der Waals surface area contributed by atoms with E-state index in [1.165, 1.54) is 0 Å². The minimum absolute atomic E-state index is 0.0915. The highest BCUT2D eigenvalue weighted by molar-refractivity contribution is 9.10. The zero-order valence-electron chi connectivity index (χ0n) is 11.2. The number of oxime groups is 1. The van der Waals surface area contributed by atoms with E-state index in [1.54, 1.807) is 12.1 Å². The third kappa shape index (κ3) is 2.91. The van der Waals surface area contributed by atoms with E-state index in [4.69, 9.17) is 10.9 Å². The molecule has 0 amide bonds. The van der Waals surface area contributed by atoms with Gasteiger partial charge in [-0.1, -0.05) is 5.16 Å². The van der Waals surface area contributed by atoms with Crippen LogP contribution in [0.3, 0.4) is 0 Å². The van der Waals surface area contributed by atoms with E-state index in [1.807, 2.05) is 43.3 Å². The standard InChI is InChI=1S/C14H15BrN4O/c1-9-7-12(15)14(17-8-9)19(2)11-5-3-10(4-6-11)13(16)18-20/h3-8,20H,1-2H3,(H2,16,18). The summed E-state index contributed by atoms with van der Waals surface area (Å²) in [5.41, 5.74) is 8.26. The Morgan fingerprint density at radius 3 is 2.55 bits per heavy atom. The molecule has 20 heavy (non-hydrogen) atoms. The zero-order chi connectivity index (χ0) is 14.7. The van der Waals surface area contributed by atoms with Gasteiger partial charge in [-0.3, -0.25) is 0 Å². The van der Waals surface area contributed by atoms with Gasteiger partial charge in [-0.05, 0) is 58.7 Å².